The first-order valence-electron chi connectivity index (χ1n) is 7.22. The van der Waals surface area contributed by atoms with Crippen molar-refractivity contribution in [3.63, 3.8) is 0 Å². The summed E-state index contributed by atoms with van der Waals surface area (Å²) in [5.74, 6) is 0.522. The minimum Gasteiger partial charge on any atom is -0.355 e. The van der Waals surface area contributed by atoms with E-state index in [1.165, 1.54) is 17.3 Å². The van der Waals surface area contributed by atoms with E-state index in [-0.39, 0.29) is 5.82 Å². The molecule has 0 radical (unpaired) electrons. The van der Waals surface area contributed by atoms with Crippen LogP contribution in [0.25, 0.3) is 0 Å². The van der Waals surface area contributed by atoms with E-state index in [4.69, 9.17) is 0 Å². The van der Waals surface area contributed by atoms with Gasteiger partial charge < -0.3 is 10.2 Å². The molecule has 2 aromatic rings. The van der Waals surface area contributed by atoms with Crippen LogP contribution in [0.1, 0.15) is 23.6 Å². The maximum absolute atomic E-state index is 13.4. The van der Waals surface area contributed by atoms with Gasteiger partial charge in [0.05, 0.1) is 6.20 Å². The second-order valence-corrected chi connectivity index (χ2v) is 5.26. The zero-order valence-corrected chi connectivity index (χ0v) is 12.9. The van der Waals surface area contributed by atoms with Crippen LogP contribution in [0.2, 0.25) is 0 Å². The number of rotatable bonds is 6. The van der Waals surface area contributed by atoms with E-state index < -0.39 is 0 Å². The fourth-order valence-electron chi connectivity index (χ4n) is 2.25. The van der Waals surface area contributed by atoms with Crippen LogP contribution in [0.4, 0.5) is 10.2 Å². The Morgan fingerprint density at radius 2 is 1.95 bits per heavy atom. The van der Waals surface area contributed by atoms with Crippen molar-refractivity contribution >= 4 is 5.82 Å². The fourth-order valence-corrected chi connectivity index (χ4v) is 2.25. The van der Waals surface area contributed by atoms with Crippen LogP contribution in [0.15, 0.2) is 36.5 Å². The van der Waals surface area contributed by atoms with E-state index in [1.807, 2.05) is 14.0 Å². The monoisotopic (exact) mass is 287 g/mol. The van der Waals surface area contributed by atoms with Crippen molar-refractivity contribution < 1.29 is 4.39 Å². The highest BCUT2D eigenvalue weighted by Crippen LogP contribution is 2.19. The van der Waals surface area contributed by atoms with Crippen molar-refractivity contribution in [2.24, 2.45) is 0 Å². The lowest BCUT2D eigenvalue weighted by Gasteiger charge is -2.21. The third-order valence-corrected chi connectivity index (χ3v) is 3.38. The van der Waals surface area contributed by atoms with Crippen molar-refractivity contribution in [2.75, 3.05) is 18.5 Å². The van der Waals surface area contributed by atoms with Gasteiger partial charge >= 0.3 is 0 Å². The van der Waals surface area contributed by atoms with Gasteiger partial charge in [0.15, 0.2) is 0 Å². The molecule has 1 heterocycles. The van der Waals surface area contributed by atoms with Gasteiger partial charge in [-0.25, -0.2) is 9.37 Å². The van der Waals surface area contributed by atoms with Gasteiger partial charge in [-0.1, -0.05) is 36.8 Å². The summed E-state index contributed by atoms with van der Waals surface area (Å²) in [5, 5.41) is 3.23. The molecule has 0 unspecified atom stereocenters. The fraction of sp³-hybridized carbons (Fsp3) is 0.353. The third kappa shape index (κ3) is 4.26. The summed E-state index contributed by atoms with van der Waals surface area (Å²) >= 11 is 0. The van der Waals surface area contributed by atoms with Gasteiger partial charge in [-0.15, -0.1) is 0 Å². The van der Waals surface area contributed by atoms with Crippen LogP contribution in [0, 0.1) is 12.7 Å². The molecule has 1 aromatic carbocycles. The molecule has 1 aromatic heterocycles. The zero-order chi connectivity index (χ0) is 15.2. The van der Waals surface area contributed by atoms with Gasteiger partial charge in [-0.2, -0.15) is 0 Å². The summed E-state index contributed by atoms with van der Waals surface area (Å²) in [4.78, 5) is 6.31. The van der Waals surface area contributed by atoms with E-state index in [1.54, 1.807) is 6.07 Å². The van der Waals surface area contributed by atoms with Crippen molar-refractivity contribution in [2.45, 2.75) is 26.9 Å². The molecule has 0 atom stereocenters. The molecule has 1 N–H and O–H groups in total. The topological polar surface area (TPSA) is 28.2 Å². The molecule has 0 aliphatic rings. The van der Waals surface area contributed by atoms with Crippen LogP contribution in [0.3, 0.4) is 0 Å². The lowest BCUT2D eigenvalue weighted by molar-refractivity contribution is 0.613. The number of halogens is 1. The van der Waals surface area contributed by atoms with E-state index in [0.29, 0.717) is 6.54 Å². The van der Waals surface area contributed by atoms with E-state index in [0.717, 1.165) is 24.5 Å². The normalized spacial score (nSPS) is 10.7. The first-order chi connectivity index (χ1) is 10.1. The smallest absolute Gasteiger partial charge is 0.141 e. The lowest BCUT2D eigenvalue weighted by atomic mass is 10.1. The molecule has 2 rings (SSSR count). The van der Waals surface area contributed by atoms with E-state index >= 15 is 0 Å². The summed E-state index contributed by atoms with van der Waals surface area (Å²) in [6.07, 6.45) is 1.27. The van der Waals surface area contributed by atoms with Crippen LogP contribution >= 0.6 is 0 Å². The van der Waals surface area contributed by atoms with Gasteiger partial charge in [0.2, 0.25) is 0 Å². The van der Waals surface area contributed by atoms with Crippen molar-refractivity contribution in [1.29, 1.82) is 0 Å². The van der Waals surface area contributed by atoms with Gasteiger partial charge in [-0.3, -0.25) is 0 Å². The van der Waals surface area contributed by atoms with Gasteiger partial charge in [0, 0.05) is 25.7 Å². The first kappa shape index (κ1) is 15.4. The Morgan fingerprint density at radius 3 is 2.62 bits per heavy atom. The predicted octanol–water partition coefficient (Wildman–Crippen LogP) is 3.28. The van der Waals surface area contributed by atoms with Crippen LogP contribution < -0.4 is 10.2 Å². The molecule has 0 bridgehead atoms. The largest absolute Gasteiger partial charge is 0.355 e. The van der Waals surface area contributed by atoms with E-state index in [9.17, 15) is 4.39 Å². The number of nitrogens with one attached hydrogen (secondary N) is 1. The third-order valence-electron chi connectivity index (χ3n) is 3.38. The van der Waals surface area contributed by atoms with Crippen molar-refractivity contribution in [1.82, 2.24) is 10.3 Å². The molecule has 0 aliphatic heterocycles. The number of nitrogens with zero attached hydrogens (tertiary/aromatic N) is 2. The lowest BCUT2D eigenvalue weighted by Crippen LogP contribution is -2.22. The molecular weight excluding hydrogens is 265 g/mol. The summed E-state index contributed by atoms with van der Waals surface area (Å²) in [5.41, 5.74) is 3.34. The average molecular weight is 287 g/mol. The summed E-state index contributed by atoms with van der Waals surface area (Å²) < 4.78 is 13.4. The van der Waals surface area contributed by atoms with Gasteiger partial charge in [-0.05, 0) is 25.1 Å². The molecular formula is C17H22FN3. The number of aromatic nitrogens is 1. The van der Waals surface area contributed by atoms with Gasteiger partial charge in [0.25, 0.3) is 0 Å². The first-order valence-corrected chi connectivity index (χ1v) is 7.22. The Kier molecular flexibility index (Phi) is 5.28. The number of benzene rings is 1. The Morgan fingerprint density at radius 1 is 1.24 bits per heavy atom. The summed E-state index contributed by atoms with van der Waals surface area (Å²) in [6.45, 7) is 6.32. The standard InChI is InChI=1S/C17H22FN3/c1-4-19-10-15-9-16(18)11-20-17(15)21(3)12-14-7-5-13(2)6-8-14/h5-9,11,19H,4,10,12H2,1-3H3. The Hall–Kier alpha value is -1.94. The minimum absolute atomic E-state index is 0.296. The quantitative estimate of drug-likeness (QED) is 0.884. The number of anilines is 1. The second kappa shape index (κ2) is 7.18. The average Bonchev–Trinajstić information content (AvgIpc) is 2.47. The SMILES string of the molecule is CCNCc1cc(F)cnc1N(C)Cc1ccc(C)cc1. The highest BCUT2D eigenvalue weighted by molar-refractivity contribution is 5.47. The van der Waals surface area contributed by atoms with E-state index in [2.05, 4.69) is 46.4 Å². The van der Waals surface area contributed by atoms with Crippen LogP contribution in [0.5, 0.6) is 0 Å². The molecule has 0 spiro atoms. The second-order valence-electron chi connectivity index (χ2n) is 5.26. The highest BCUT2D eigenvalue weighted by atomic mass is 19.1. The molecule has 21 heavy (non-hydrogen) atoms. The van der Waals surface area contributed by atoms with Crippen molar-refractivity contribution in [3.05, 3.63) is 59.0 Å². The number of hydrogen-bond acceptors (Lipinski definition) is 3. The highest BCUT2D eigenvalue weighted by Gasteiger charge is 2.10. The number of pyridine rings is 1. The summed E-state index contributed by atoms with van der Waals surface area (Å²) in [7, 11) is 1.98. The predicted molar refractivity (Wildman–Crippen MR) is 84.9 cm³/mol. The maximum Gasteiger partial charge on any atom is 0.141 e. The Balaban J connectivity index is 2.17. The molecule has 112 valence electrons. The van der Waals surface area contributed by atoms with Crippen molar-refractivity contribution in [3.8, 4) is 0 Å². The number of aryl methyl sites for hydroxylation is 1. The minimum atomic E-state index is -0.296. The molecule has 0 amide bonds. The van der Waals surface area contributed by atoms with Crippen LogP contribution in [-0.2, 0) is 13.1 Å². The Bertz CT molecular complexity index is 581. The Labute approximate surface area is 125 Å². The van der Waals surface area contributed by atoms with Gasteiger partial charge in [0.1, 0.15) is 11.6 Å². The zero-order valence-electron chi connectivity index (χ0n) is 12.9. The molecule has 0 saturated carbocycles. The summed E-state index contributed by atoms with van der Waals surface area (Å²) in [6, 6.07) is 9.97. The molecule has 4 heteroatoms. The molecule has 0 saturated heterocycles. The molecule has 0 aliphatic carbocycles. The number of hydrogen-bond donors (Lipinski definition) is 1. The molecule has 0 fully saturated rings. The maximum atomic E-state index is 13.4. The molecule has 3 nitrogen and oxygen atoms in total. The van der Waals surface area contributed by atoms with Crippen LogP contribution in [-0.4, -0.2) is 18.6 Å².